The molecule has 2 fully saturated rings. The standard InChI is InChI=1S/C16H28O/c1-12-9-13(2)11-15(10-12)16(17)14-7-5-3-4-6-8-14/h12-15H,3-11H2,1-2H3. The van der Waals surface area contributed by atoms with Crippen molar-refractivity contribution in [1.29, 1.82) is 0 Å². The van der Waals surface area contributed by atoms with Gasteiger partial charge in [0, 0.05) is 11.8 Å². The molecule has 0 amide bonds. The van der Waals surface area contributed by atoms with Crippen molar-refractivity contribution in [3.63, 3.8) is 0 Å². The molecular weight excluding hydrogens is 208 g/mol. The van der Waals surface area contributed by atoms with Crippen LogP contribution >= 0.6 is 0 Å². The first kappa shape index (κ1) is 13.1. The van der Waals surface area contributed by atoms with Crippen LogP contribution in [0.3, 0.4) is 0 Å². The summed E-state index contributed by atoms with van der Waals surface area (Å²) < 4.78 is 0. The lowest BCUT2D eigenvalue weighted by molar-refractivity contribution is -0.129. The molecule has 0 aromatic carbocycles. The summed E-state index contributed by atoms with van der Waals surface area (Å²) >= 11 is 0. The summed E-state index contributed by atoms with van der Waals surface area (Å²) in [7, 11) is 0. The van der Waals surface area contributed by atoms with E-state index in [0.717, 1.165) is 11.8 Å². The van der Waals surface area contributed by atoms with Gasteiger partial charge in [0.15, 0.2) is 0 Å². The number of carbonyl (C=O) groups is 1. The molecule has 0 radical (unpaired) electrons. The van der Waals surface area contributed by atoms with Crippen molar-refractivity contribution < 1.29 is 4.79 Å². The molecule has 1 heteroatoms. The first-order valence-corrected chi connectivity index (χ1v) is 7.70. The van der Waals surface area contributed by atoms with E-state index in [-0.39, 0.29) is 0 Å². The minimum Gasteiger partial charge on any atom is -0.299 e. The third-order valence-corrected chi connectivity index (χ3v) is 4.84. The third-order valence-electron chi connectivity index (χ3n) is 4.84. The van der Waals surface area contributed by atoms with E-state index in [2.05, 4.69) is 13.8 Å². The topological polar surface area (TPSA) is 17.1 Å². The first-order chi connectivity index (χ1) is 8.16. The van der Waals surface area contributed by atoms with Gasteiger partial charge in [-0.1, -0.05) is 39.5 Å². The van der Waals surface area contributed by atoms with Gasteiger partial charge in [0.25, 0.3) is 0 Å². The highest BCUT2D eigenvalue weighted by Gasteiger charge is 2.32. The van der Waals surface area contributed by atoms with Crippen LogP contribution in [-0.4, -0.2) is 5.78 Å². The second-order valence-corrected chi connectivity index (χ2v) is 6.71. The van der Waals surface area contributed by atoms with Crippen LogP contribution < -0.4 is 0 Å². The maximum Gasteiger partial charge on any atom is 0.139 e. The first-order valence-electron chi connectivity index (χ1n) is 7.70. The van der Waals surface area contributed by atoms with Gasteiger partial charge in [-0.2, -0.15) is 0 Å². The Balaban J connectivity index is 1.93. The average Bonchev–Trinajstić information content (AvgIpc) is 2.55. The van der Waals surface area contributed by atoms with Gasteiger partial charge in [-0.05, 0) is 43.9 Å². The van der Waals surface area contributed by atoms with Gasteiger partial charge in [-0.15, -0.1) is 0 Å². The number of carbonyl (C=O) groups excluding carboxylic acids is 1. The molecule has 1 nitrogen and oxygen atoms in total. The van der Waals surface area contributed by atoms with E-state index < -0.39 is 0 Å². The van der Waals surface area contributed by atoms with Crippen LogP contribution in [0, 0.1) is 23.7 Å². The summed E-state index contributed by atoms with van der Waals surface area (Å²) in [5, 5.41) is 0. The highest BCUT2D eigenvalue weighted by molar-refractivity contribution is 5.83. The van der Waals surface area contributed by atoms with E-state index in [0.29, 0.717) is 17.6 Å². The molecule has 2 saturated carbocycles. The maximum absolute atomic E-state index is 12.6. The van der Waals surface area contributed by atoms with Crippen molar-refractivity contribution in [1.82, 2.24) is 0 Å². The van der Waals surface area contributed by atoms with Crippen molar-refractivity contribution >= 4 is 5.78 Å². The Morgan fingerprint density at radius 1 is 0.765 bits per heavy atom. The highest BCUT2D eigenvalue weighted by atomic mass is 16.1. The van der Waals surface area contributed by atoms with Crippen molar-refractivity contribution in [2.45, 2.75) is 71.6 Å². The van der Waals surface area contributed by atoms with Gasteiger partial charge in [0.2, 0.25) is 0 Å². The molecule has 2 rings (SSSR count). The molecule has 0 N–H and O–H groups in total. The van der Waals surface area contributed by atoms with Gasteiger partial charge < -0.3 is 0 Å². The summed E-state index contributed by atoms with van der Waals surface area (Å²) in [4.78, 5) is 12.6. The van der Waals surface area contributed by atoms with E-state index in [1.54, 1.807) is 0 Å². The normalized spacial score (nSPS) is 36.5. The molecular formula is C16H28O. The summed E-state index contributed by atoms with van der Waals surface area (Å²) in [6, 6.07) is 0. The van der Waals surface area contributed by atoms with Gasteiger partial charge in [0.05, 0.1) is 0 Å². The molecule has 2 unspecified atom stereocenters. The Morgan fingerprint density at radius 3 is 1.82 bits per heavy atom. The molecule has 0 aromatic rings. The molecule has 98 valence electrons. The zero-order valence-electron chi connectivity index (χ0n) is 11.6. The van der Waals surface area contributed by atoms with E-state index in [1.165, 1.54) is 57.8 Å². The predicted octanol–water partition coefficient (Wildman–Crippen LogP) is 4.60. The van der Waals surface area contributed by atoms with Gasteiger partial charge in [0.1, 0.15) is 5.78 Å². The van der Waals surface area contributed by atoms with Crippen LogP contribution in [0.4, 0.5) is 0 Å². The molecule has 0 saturated heterocycles. The zero-order valence-corrected chi connectivity index (χ0v) is 11.6. The summed E-state index contributed by atoms with van der Waals surface area (Å²) in [5.41, 5.74) is 0. The SMILES string of the molecule is CC1CC(C)CC(C(=O)C2CCCCCC2)C1. The van der Waals surface area contributed by atoms with Gasteiger partial charge in [-0.25, -0.2) is 0 Å². The number of hydrogen-bond acceptors (Lipinski definition) is 1. The third kappa shape index (κ3) is 3.56. The Morgan fingerprint density at radius 2 is 1.29 bits per heavy atom. The molecule has 2 aliphatic carbocycles. The molecule has 17 heavy (non-hydrogen) atoms. The molecule has 0 spiro atoms. The van der Waals surface area contributed by atoms with Crippen LogP contribution in [0.15, 0.2) is 0 Å². The molecule has 2 aliphatic rings. The Hall–Kier alpha value is -0.330. The van der Waals surface area contributed by atoms with Crippen molar-refractivity contribution in [2.75, 3.05) is 0 Å². The second kappa shape index (κ2) is 6.02. The summed E-state index contributed by atoms with van der Waals surface area (Å²) in [6.07, 6.45) is 11.3. The van der Waals surface area contributed by atoms with Crippen LogP contribution in [0.25, 0.3) is 0 Å². The predicted molar refractivity (Wildman–Crippen MR) is 71.9 cm³/mol. The Labute approximate surface area is 106 Å². The summed E-state index contributed by atoms with van der Waals surface area (Å²) in [6.45, 7) is 4.64. The van der Waals surface area contributed by atoms with Crippen molar-refractivity contribution in [3.8, 4) is 0 Å². The van der Waals surface area contributed by atoms with Crippen LogP contribution in [0.2, 0.25) is 0 Å². The van der Waals surface area contributed by atoms with Crippen molar-refractivity contribution in [2.24, 2.45) is 23.7 Å². The number of ketones is 1. The fourth-order valence-corrected chi connectivity index (χ4v) is 4.08. The van der Waals surface area contributed by atoms with E-state index in [4.69, 9.17) is 0 Å². The lowest BCUT2D eigenvalue weighted by atomic mass is 9.72. The minimum absolute atomic E-state index is 0.400. The van der Waals surface area contributed by atoms with Crippen LogP contribution in [0.5, 0.6) is 0 Å². The fourth-order valence-electron chi connectivity index (χ4n) is 4.08. The average molecular weight is 236 g/mol. The molecule has 0 aromatic heterocycles. The maximum atomic E-state index is 12.6. The molecule has 0 bridgehead atoms. The number of rotatable bonds is 2. The van der Waals surface area contributed by atoms with Gasteiger partial charge in [-0.3, -0.25) is 4.79 Å². The molecule has 0 aliphatic heterocycles. The van der Waals surface area contributed by atoms with E-state index in [1.807, 2.05) is 0 Å². The highest BCUT2D eigenvalue weighted by Crippen LogP contribution is 2.36. The number of Topliss-reactive ketones (excluding diaryl/α,β-unsaturated/α-hetero) is 1. The van der Waals surface area contributed by atoms with E-state index >= 15 is 0 Å². The Kier molecular flexibility index (Phi) is 4.64. The van der Waals surface area contributed by atoms with Gasteiger partial charge >= 0.3 is 0 Å². The quantitative estimate of drug-likeness (QED) is 0.640. The monoisotopic (exact) mass is 236 g/mol. The van der Waals surface area contributed by atoms with Crippen LogP contribution in [0.1, 0.15) is 71.6 Å². The lowest BCUT2D eigenvalue weighted by Gasteiger charge is -2.32. The number of hydrogen-bond donors (Lipinski definition) is 0. The van der Waals surface area contributed by atoms with Crippen molar-refractivity contribution in [3.05, 3.63) is 0 Å². The summed E-state index contributed by atoms with van der Waals surface area (Å²) in [5.74, 6) is 2.97. The Bertz CT molecular complexity index is 240. The molecule has 0 heterocycles. The smallest absolute Gasteiger partial charge is 0.139 e. The lowest BCUT2D eigenvalue weighted by Crippen LogP contribution is -2.30. The second-order valence-electron chi connectivity index (χ2n) is 6.71. The molecule has 2 atom stereocenters. The minimum atomic E-state index is 0.400. The van der Waals surface area contributed by atoms with E-state index in [9.17, 15) is 4.79 Å². The van der Waals surface area contributed by atoms with Crippen LogP contribution in [-0.2, 0) is 4.79 Å². The fraction of sp³-hybridized carbons (Fsp3) is 0.938. The largest absolute Gasteiger partial charge is 0.299 e. The zero-order chi connectivity index (χ0) is 12.3.